The quantitative estimate of drug-likeness (QED) is 0.415. The van der Waals surface area contributed by atoms with Crippen LogP contribution < -0.4 is 0 Å². The highest BCUT2D eigenvalue weighted by Crippen LogP contribution is 2.66. The summed E-state index contributed by atoms with van der Waals surface area (Å²) in [4.78, 5) is 27.5. The molecule has 5 aliphatic rings. The first-order valence-corrected chi connectivity index (χ1v) is 14.7. The number of carbonyl (C=O) groups is 2. The lowest BCUT2D eigenvalue weighted by Crippen LogP contribution is -2.54. The second-order valence-corrected chi connectivity index (χ2v) is 14.2. The maximum atomic E-state index is 12.7. The summed E-state index contributed by atoms with van der Waals surface area (Å²) in [5.74, 6) is 3.13. The van der Waals surface area contributed by atoms with E-state index < -0.39 is 0 Å². The van der Waals surface area contributed by atoms with Crippen molar-refractivity contribution in [3.63, 3.8) is 0 Å². The molecule has 7 atom stereocenters. The number of hydrogen-bond donors (Lipinski definition) is 0. The normalized spacial score (nSPS) is 42.9. The topological polar surface area (TPSA) is 46.6 Å². The minimum atomic E-state index is 0.0119. The maximum absolute atomic E-state index is 12.7. The molecule has 35 heavy (non-hydrogen) atoms. The first-order chi connectivity index (χ1) is 16.5. The molecule has 196 valence electrons. The molecule has 0 N–H and O–H groups in total. The van der Waals surface area contributed by atoms with Gasteiger partial charge >= 0.3 is 5.97 Å². The van der Waals surface area contributed by atoms with Crippen molar-refractivity contribution in [2.75, 3.05) is 19.6 Å². The Bertz CT molecular complexity index is 876. The molecule has 4 heteroatoms. The van der Waals surface area contributed by atoms with Gasteiger partial charge in [0.25, 0.3) is 0 Å². The molecular formula is C31H49NO3. The zero-order valence-electron chi connectivity index (χ0n) is 23.0. The van der Waals surface area contributed by atoms with Gasteiger partial charge in [0, 0.05) is 13.1 Å². The number of allylic oxidation sites excluding steroid dienone is 2. The number of ketones is 1. The fraction of sp³-hybridized carbons (Fsp3) is 0.871. The van der Waals surface area contributed by atoms with Crippen LogP contribution in [0.3, 0.4) is 0 Å². The largest absolute Gasteiger partial charge is 0.462 e. The maximum Gasteiger partial charge on any atom is 0.307 e. The summed E-state index contributed by atoms with van der Waals surface area (Å²) in [6.07, 6.45) is 14.8. The number of esters is 1. The van der Waals surface area contributed by atoms with Crippen molar-refractivity contribution in [1.29, 1.82) is 0 Å². The Morgan fingerprint density at radius 3 is 2.57 bits per heavy atom. The molecule has 3 saturated carbocycles. The minimum absolute atomic E-state index is 0.0119. The van der Waals surface area contributed by atoms with Gasteiger partial charge in [-0.3, -0.25) is 9.59 Å². The standard InChI is InChI=1S/C31H49NO3/c1-21(33)25-9-10-26-24-8-7-22-19-23(11-15-30(22,4)27(24)12-16-31(25,26)5)35-28(34)13-18-32-17-6-14-29(2,3)20-32/h9,22-24,26-27H,6-8,10-20H2,1-5H3/t22-,23-,24-,26+,27+,30-,31+/m0/s1. The summed E-state index contributed by atoms with van der Waals surface area (Å²) in [6, 6.07) is 0. The van der Waals surface area contributed by atoms with Crippen molar-refractivity contribution in [2.24, 2.45) is 39.9 Å². The third-order valence-corrected chi connectivity index (χ3v) is 11.5. The average molecular weight is 484 g/mol. The van der Waals surface area contributed by atoms with E-state index >= 15 is 0 Å². The molecule has 0 unspecified atom stereocenters. The molecule has 1 heterocycles. The summed E-state index contributed by atoms with van der Waals surface area (Å²) in [5.41, 5.74) is 1.96. The van der Waals surface area contributed by atoms with Crippen molar-refractivity contribution in [3.8, 4) is 0 Å². The van der Waals surface area contributed by atoms with Crippen molar-refractivity contribution >= 4 is 11.8 Å². The number of ether oxygens (including phenoxy) is 1. The Balaban J connectivity index is 1.16. The van der Waals surface area contributed by atoms with Crippen LogP contribution in [0.4, 0.5) is 0 Å². The molecule has 4 fully saturated rings. The predicted octanol–water partition coefficient (Wildman–Crippen LogP) is 6.58. The lowest BCUT2D eigenvalue weighted by molar-refractivity contribution is -0.161. The van der Waals surface area contributed by atoms with E-state index in [4.69, 9.17) is 4.74 Å². The van der Waals surface area contributed by atoms with Crippen LogP contribution >= 0.6 is 0 Å². The molecule has 0 radical (unpaired) electrons. The Labute approximate surface area is 213 Å². The Morgan fingerprint density at radius 2 is 1.83 bits per heavy atom. The van der Waals surface area contributed by atoms with Crippen LogP contribution in [0, 0.1) is 39.9 Å². The summed E-state index contributed by atoms with van der Waals surface area (Å²) >= 11 is 0. The molecule has 4 aliphatic carbocycles. The molecule has 4 nitrogen and oxygen atoms in total. The van der Waals surface area contributed by atoms with Crippen LogP contribution in [0.2, 0.25) is 0 Å². The van der Waals surface area contributed by atoms with Crippen LogP contribution in [0.5, 0.6) is 0 Å². The van der Waals surface area contributed by atoms with Crippen molar-refractivity contribution in [3.05, 3.63) is 11.6 Å². The first kappa shape index (κ1) is 25.5. The highest BCUT2D eigenvalue weighted by molar-refractivity contribution is 5.95. The van der Waals surface area contributed by atoms with E-state index in [1.165, 1.54) is 38.5 Å². The van der Waals surface area contributed by atoms with E-state index in [-0.39, 0.29) is 17.5 Å². The van der Waals surface area contributed by atoms with E-state index in [1.54, 1.807) is 6.92 Å². The van der Waals surface area contributed by atoms with Gasteiger partial charge in [0.2, 0.25) is 0 Å². The monoisotopic (exact) mass is 483 g/mol. The van der Waals surface area contributed by atoms with Crippen molar-refractivity contribution in [2.45, 2.75) is 111 Å². The lowest BCUT2D eigenvalue weighted by Gasteiger charge is -2.60. The van der Waals surface area contributed by atoms with Gasteiger partial charge in [-0.2, -0.15) is 0 Å². The molecule has 1 saturated heterocycles. The van der Waals surface area contributed by atoms with Crippen LogP contribution in [-0.2, 0) is 14.3 Å². The summed E-state index contributed by atoms with van der Waals surface area (Å²) in [6.45, 7) is 14.4. The van der Waals surface area contributed by atoms with Gasteiger partial charge < -0.3 is 9.64 Å². The third-order valence-electron chi connectivity index (χ3n) is 11.5. The molecule has 1 aliphatic heterocycles. The molecule has 0 amide bonds. The molecule has 0 bridgehead atoms. The Kier molecular flexibility index (Phi) is 6.77. The van der Waals surface area contributed by atoms with Gasteiger partial charge in [-0.05, 0) is 123 Å². The fourth-order valence-corrected chi connectivity index (χ4v) is 9.67. The number of hydrogen-bond acceptors (Lipinski definition) is 4. The molecule has 0 spiro atoms. The minimum Gasteiger partial charge on any atom is -0.462 e. The van der Waals surface area contributed by atoms with E-state index in [0.29, 0.717) is 34.9 Å². The fourth-order valence-electron chi connectivity index (χ4n) is 9.67. The van der Waals surface area contributed by atoms with Crippen LogP contribution in [0.1, 0.15) is 105 Å². The molecule has 0 aromatic rings. The van der Waals surface area contributed by atoms with E-state index in [0.717, 1.165) is 62.7 Å². The highest BCUT2D eigenvalue weighted by Gasteiger charge is 2.59. The van der Waals surface area contributed by atoms with Crippen LogP contribution in [-0.4, -0.2) is 42.4 Å². The highest BCUT2D eigenvalue weighted by atomic mass is 16.5. The van der Waals surface area contributed by atoms with E-state index in [2.05, 4.69) is 38.7 Å². The second-order valence-electron chi connectivity index (χ2n) is 14.2. The average Bonchev–Trinajstić information content (AvgIpc) is 3.15. The van der Waals surface area contributed by atoms with Gasteiger partial charge in [0.15, 0.2) is 5.78 Å². The summed E-state index contributed by atoms with van der Waals surface area (Å²) in [5, 5.41) is 0. The van der Waals surface area contributed by atoms with Crippen LogP contribution in [0.25, 0.3) is 0 Å². The number of fused-ring (bicyclic) bond motifs is 5. The number of likely N-dealkylation sites (tertiary alicyclic amines) is 1. The van der Waals surface area contributed by atoms with Gasteiger partial charge in [0.05, 0.1) is 6.42 Å². The first-order valence-electron chi connectivity index (χ1n) is 14.7. The zero-order chi connectivity index (χ0) is 25.0. The lowest BCUT2D eigenvalue weighted by atomic mass is 9.44. The van der Waals surface area contributed by atoms with Gasteiger partial charge in [0.1, 0.15) is 6.10 Å². The van der Waals surface area contributed by atoms with Gasteiger partial charge in [-0.25, -0.2) is 0 Å². The van der Waals surface area contributed by atoms with Gasteiger partial charge in [-0.1, -0.05) is 33.8 Å². The number of carbonyl (C=O) groups excluding carboxylic acids is 2. The second kappa shape index (κ2) is 9.30. The smallest absolute Gasteiger partial charge is 0.307 e. The Morgan fingerprint density at radius 1 is 1.03 bits per heavy atom. The predicted molar refractivity (Wildman–Crippen MR) is 140 cm³/mol. The molecule has 0 aromatic carbocycles. The van der Waals surface area contributed by atoms with Crippen molar-refractivity contribution in [1.82, 2.24) is 4.90 Å². The number of rotatable bonds is 5. The van der Waals surface area contributed by atoms with Gasteiger partial charge in [-0.15, -0.1) is 0 Å². The SMILES string of the molecule is CC(=O)C1=CC[C@@H]2[C@@H]3CC[C@H]4C[C@@H](OC(=O)CCN5CCCC(C)(C)C5)CC[C@]4(C)[C@@H]3CC[C@]12C. The van der Waals surface area contributed by atoms with E-state index in [1.807, 2.05) is 0 Å². The molecule has 5 rings (SSSR count). The molecule has 0 aromatic heterocycles. The van der Waals surface area contributed by atoms with Crippen LogP contribution in [0.15, 0.2) is 11.6 Å². The number of Topliss-reactive ketones (excluding diaryl/α,β-unsaturated/α-hetero) is 1. The zero-order valence-corrected chi connectivity index (χ0v) is 23.0. The number of piperidine rings is 1. The number of nitrogens with zero attached hydrogens (tertiary/aromatic N) is 1. The molecular weight excluding hydrogens is 434 g/mol. The summed E-state index contributed by atoms with van der Waals surface area (Å²) < 4.78 is 6.08. The third kappa shape index (κ3) is 4.66. The summed E-state index contributed by atoms with van der Waals surface area (Å²) in [7, 11) is 0. The van der Waals surface area contributed by atoms with E-state index in [9.17, 15) is 9.59 Å². The van der Waals surface area contributed by atoms with Crippen molar-refractivity contribution < 1.29 is 14.3 Å². The Hall–Kier alpha value is -1.16.